The van der Waals surface area contributed by atoms with Crippen LogP contribution < -0.4 is 5.56 Å². The Morgan fingerprint density at radius 2 is 2.07 bits per heavy atom. The van der Waals surface area contributed by atoms with Crippen molar-refractivity contribution in [3.8, 4) is 0 Å². The smallest absolute Gasteiger partial charge is 0.294 e. The molecule has 7 heteroatoms. The lowest BCUT2D eigenvalue weighted by molar-refractivity contribution is 0.0748. The number of benzene rings is 1. The Morgan fingerprint density at radius 3 is 2.81 bits per heavy atom. The monoisotopic (exact) mass is 370 g/mol. The third-order valence-corrected chi connectivity index (χ3v) is 4.46. The summed E-state index contributed by atoms with van der Waals surface area (Å²) < 4.78 is 7.29. The second-order valence-electron chi connectivity index (χ2n) is 7.01. The Morgan fingerprint density at radius 1 is 1.26 bits per heavy atom. The van der Waals surface area contributed by atoms with Gasteiger partial charge in [-0.05, 0) is 51.3 Å². The number of carbonyl (C=O) groups is 1. The minimum absolute atomic E-state index is 0.0694. The fourth-order valence-electron chi connectivity index (χ4n) is 3.14. The molecule has 2 aromatic heterocycles. The van der Waals surface area contributed by atoms with Crippen molar-refractivity contribution in [2.45, 2.75) is 59.0 Å². The number of hydrogen-bond donors (Lipinski definition) is 1. The van der Waals surface area contributed by atoms with Crippen LogP contribution in [-0.4, -0.2) is 38.1 Å². The van der Waals surface area contributed by atoms with Crippen molar-refractivity contribution in [3.63, 3.8) is 0 Å². The van der Waals surface area contributed by atoms with E-state index in [1.807, 2.05) is 26.0 Å². The molecule has 0 spiro atoms. The van der Waals surface area contributed by atoms with Crippen molar-refractivity contribution in [2.24, 2.45) is 0 Å². The number of nitrogens with zero attached hydrogens (tertiary/aromatic N) is 3. The van der Waals surface area contributed by atoms with Crippen LogP contribution in [0.25, 0.3) is 16.7 Å². The molecule has 0 saturated heterocycles. The third-order valence-electron chi connectivity index (χ3n) is 4.46. The summed E-state index contributed by atoms with van der Waals surface area (Å²) in [4.78, 5) is 27.6. The van der Waals surface area contributed by atoms with Gasteiger partial charge < -0.3 is 9.72 Å². The van der Waals surface area contributed by atoms with Gasteiger partial charge in [-0.15, -0.1) is 10.2 Å². The lowest BCUT2D eigenvalue weighted by Gasteiger charge is -2.08. The van der Waals surface area contributed by atoms with Crippen molar-refractivity contribution < 1.29 is 9.53 Å². The molecule has 1 aromatic carbocycles. The second kappa shape index (κ2) is 8.43. The predicted molar refractivity (Wildman–Crippen MR) is 104 cm³/mol. The quantitative estimate of drug-likeness (QED) is 0.461. The van der Waals surface area contributed by atoms with Crippen LogP contribution in [-0.2, 0) is 11.2 Å². The summed E-state index contributed by atoms with van der Waals surface area (Å²) >= 11 is 0. The molecule has 0 radical (unpaired) electrons. The van der Waals surface area contributed by atoms with Crippen LogP contribution in [0.2, 0.25) is 0 Å². The van der Waals surface area contributed by atoms with Crippen LogP contribution in [0, 0.1) is 0 Å². The van der Waals surface area contributed by atoms with Crippen LogP contribution in [0.15, 0.2) is 23.0 Å². The average molecular weight is 370 g/mol. The molecule has 0 aliphatic carbocycles. The number of ether oxygens (including phenoxy) is 1. The Kier molecular flexibility index (Phi) is 6.01. The molecule has 0 saturated carbocycles. The van der Waals surface area contributed by atoms with Gasteiger partial charge in [0.15, 0.2) is 5.78 Å². The van der Waals surface area contributed by atoms with Crippen LogP contribution >= 0.6 is 0 Å². The normalized spacial score (nSPS) is 11.7. The number of fused-ring (bicyclic) bond motifs is 3. The maximum Gasteiger partial charge on any atom is 0.294 e. The van der Waals surface area contributed by atoms with E-state index in [4.69, 9.17) is 4.74 Å². The van der Waals surface area contributed by atoms with Crippen molar-refractivity contribution >= 4 is 22.5 Å². The van der Waals surface area contributed by atoms with E-state index < -0.39 is 0 Å². The number of aryl methyl sites for hydroxylation is 1. The van der Waals surface area contributed by atoms with Crippen LogP contribution in [0.5, 0.6) is 0 Å². The first kappa shape index (κ1) is 19.2. The largest absolute Gasteiger partial charge is 0.379 e. The van der Waals surface area contributed by atoms with E-state index in [0.29, 0.717) is 24.1 Å². The Labute approximate surface area is 157 Å². The molecule has 0 aliphatic rings. The number of ketones is 1. The zero-order valence-corrected chi connectivity index (χ0v) is 16.1. The first-order valence-corrected chi connectivity index (χ1v) is 9.56. The maximum atomic E-state index is 12.5. The zero-order chi connectivity index (χ0) is 19.4. The molecular weight excluding hydrogens is 344 g/mol. The van der Waals surface area contributed by atoms with Crippen molar-refractivity contribution in [1.82, 2.24) is 19.6 Å². The highest BCUT2D eigenvalue weighted by Gasteiger charge is 2.14. The molecule has 3 rings (SSSR count). The number of rotatable bonds is 9. The first-order chi connectivity index (χ1) is 13.0. The minimum Gasteiger partial charge on any atom is -0.379 e. The van der Waals surface area contributed by atoms with Crippen molar-refractivity contribution in [3.05, 3.63) is 39.9 Å². The van der Waals surface area contributed by atoms with Gasteiger partial charge in [-0.3, -0.25) is 14.0 Å². The van der Waals surface area contributed by atoms with E-state index in [0.717, 1.165) is 37.0 Å². The Bertz CT molecular complexity index is 1000. The van der Waals surface area contributed by atoms with E-state index in [9.17, 15) is 9.59 Å². The fraction of sp³-hybridized carbons (Fsp3) is 0.500. The SMILES string of the molecule is CCCc1nnc2c(=O)[nH]c3cc(C(=O)CCCCOC(C)C)ccc3n12. The number of hydrogen-bond acceptors (Lipinski definition) is 5. The highest BCUT2D eigenvalue weighted by Crippen LogP contribution is 2.17. The average Bonchev–Trinajstić information content (AvgIpc) is 3.06. The number of carbonyl (C=O) groups excluding carboxylic acids is 1. The molecule has 7 nitrogen and oxygen atoms in total. The van der Waals surface area contributed by atoms with E-state index in [1.165, 1.54) is 0 Å². The molecule has 144 valence electrons. The van der Waals surface area contributed by atoms with Gasteiger partial charge >= 0.3 is 0 Å². The Hall–Kier alpha value is -2.54. The standard InChI is InChI=1S/C20H26N4O3/c1-4-7-18-22-23-19-20(26)21-15-12-14(9-10-16(15)24(18)19)17(25)8-5-6-11-27-13(2)3/h9-10,12-13H,4-8,11H2,1-3H3,(H,21,26). The second-order valence-corrected chi connectivity index (χ2v) is 7.01. The van der Waals surface area contributed by atoms with E-state index in [1.54, 1.807) is 10.5 Å². The van der Waals surface area contributed by atoms with E-state index >= 15 is 0 Å². The minimum atomic E-state index is -0.298. The summed E-state index contributed by atoms with van der Waals surface area (Å²) in [7, 11) is 0. The molecule has 2 heterocycles. The summed E-state index contributed by atoms with van der Waals surface area (Å²) in [6.45, 7) is 6.72. The fourth-order valence-corrected chi connectivity index (χ4v) is 3.14. The molecule has 0 aliphatic heterocycles. The summed E-state index contributed by atoms with van der Waals surface area (Å²) in [6.07, 6.45) is 3.96. The summed E-state index contributed by atoms with van der Waals surface area (Å²) in [5, 5.41) is 8.14. The molecule has 0 unspecified atom stereocenters. The van der Waals surface area contributed by atoms with Gasteiger partial charge in [0.25, 0.3) is 5.56 Å². The molecule has 27 heavy (non-hydrogen) atoms. The third kappa shape index (κ3) is 4.24. The summed E-state index contributed by atoms with van der Waals surface area (Å²) in [5.74, 6) is 0.827. The molecule has 3 aromatic rings. The van der Waals surface area contributed by atoms with Crippen LogP contribution in [0.1, 0.15) is 62.6 Å². The molecule has 0 amide bonds. The summed E-state index contributed by atoms with van der Waals surface area (Å²) in [6, 6.07) is 5.41. The van der Waals surface area contributed by atoms with Crippen molar-refractivity contribution in [2.75, 3.05) is 6.61 Å². The number of Topliss-reactive ketones (excluding diaryl/α,β-unsaturated/α-hetero) is 1. The highest BCUT2D eigenvalue weighted by atomic mass is 16.5. The van der Waals surface area contributed by atoms with Crippen molar-refractivity contribution in [1.29, 1.82) is 0 Å². The van der Waals surface area contributed by atoms with Gasteiger partial charge in [-0.25, -0.2) is 0 Å². The number of unbranched alkanes of at least 4 members (excludes halogenated alkanes) is 1. The molecule has 0 bridgehead atoms. The highest BCUT2D eigenvalue weighted by molar-refractivity contribution is 5.99. The topological polar surface area (TPSA) is 89.4 Å². The van der Waals surface area contributed by atoms with Gasteiger partial charge in [0, 0.05) is 25.0 Å². The molecule has 0 fully saturated rings. The Balaban J connectivity index is 1.83. The summed E-state index contributed by atoms with van der Waals surface area (Å²) in [5.41, 5.74) is 2.02. The number of nitrogens with one attached hydrogen (secondary N) is 1. The number of aromatic nitrogens is 4. The van der Waals surface area contributed by atoms with E-state index in [2.05, 4.69) is 22.1 Å². The lowest BCUT2D eigenvalue weighted by Crippen LogP contribution is -2.12. The van der Waals surface area contributed by atoms with Crippen LogP contribution in [0.3, 0.4) is 0 Å². The van der Waals surface area contributed by atoms with Gasteiger partial charge in [0.1, 0.15) is 5.82 Å². The van der Waals surface area contributed by atoms with Gasteiger partial charge in [-0.1, -0.05) is 6.92 Å². The van der Waals surface area contributed by atoms with Gasteiger partial charge in [0.05, 0.1) is 17.1 Å². The van der Waals surface area contributed by atoms with Gasteiger partial charge in [-0.2, -0.15) is 0 Å². The zero-order valence-electron chi connectivity index (χ0n) is 16.1. The van der Waals surface area contributed by atoms with E-state index in [-0.39, 0.29) is 23.1 Å². The number of aromatic amines is 1. The lowest BCUT2D eigenvalue weighted by atomic mass is 10.0. The van der Waals surface area contributed by atoms with Gasteiger partial charge in [0.2, 0.25) is 5.65 Å². The predicted octanol–water partition coefficient (Wildman–Crippen LogP) is 3.30. The number of H-pyrrole nitrogens is 1. The first-order valence-electron chi connectivity index (χ1n) is 9.56. The molecule has 0 atom stereocenters. The van der Waals surface area contributed by atoms with Crippen LogP contribution in [0.4, 0.5) is 0 Å². The molecule has 1 N–H and O–H groups in total. The molecular formula is C20H26N4O3. The maximum absolute atomic E-state index is 12.5.